The molecule has 1 rings (SSSR count). The average molecular weight is 318 g/mol. The third-order valence-electron chi connectivity index (χ3n) is 1.31. The average Bonchev–Trinajstić information content (AvgIpc) is 2.06. The second-order valence-corrected chi connectivity index (χ2v) is 3.37. The minimum Gasteiger partial charge on any atom is -0.403 e. The summed E-state index contributed by atoms with van der Waals surface area (Å²) < 4.78 is 39.3. The van der Waals surface area contributed by atoms with Gasteiger partial charge in [0.25, 0.3) is 0 Å². The molecular formula is C7H6F3IN2O. The molecule has 0 fully saturated rings. The number of hydrogen-bond acceptors (Lipinski definition) is 3. The predicted octanol–water partition coefficient (Wildman–Crippen LogP) is 2.04. The van der Waals surface area contributed by atoms with E-state index in [9.17, 15) is 13.2 Å². The molecule has 0 aliphatic carbocycles. The Morgan fingerprint density at radius 1 is 1.43 bits per heavy atom. The molecule has 0 bridgehead atoms. The molecule has 0 amide bonds. The lowest BCUT2D eigenvalue weighted by molar-refractivity contribution is -0.275. The second kappa shape index (κ2) is 4.30. The summed E-state index contributed by atoms with van der Waals surface area (Å²) in [6.07, 6.45) is -4.69. The third kappa shape index (κ3) is 3.29. The van der Waals surface area contributed by atoms with Crippen molar-refractivity contribution in [2.75, 3.05) is 0 Å². The van der Waals surface area contributed by atoms with Gasteiger partial charge in [-0.3, -0.25) is 0 Å². The van der Waals surface area contributed by atoms with Crippen LogP contribution < -0.4 is 10.5 Å². The maximum Gasteiger partial charge on any atom is 0.573 e. The Balaban J connectivity index is 2.89. The van der Waals surface area contributed by atoms with E-state index in [4.69, 9.17) is 5.73 Å². The normalized spacial score (nSPS) is 11.5. The van der Waals surface area contributed by atoms with Crippen LogP contribution >= 0.6 is 22.6 Å². The van der Waals surface area contributed by atoms with E-state index in [1.165, 1.54) is 12.1 Å². The zero-order chi connectivity index (χ0) is 10.8. The maximum absolute atomic E-state index is 11.8. The minimum atomic E-state index is -4.69. The van der Waals surface area contributed by atoms with Crippen molar-refractivity contribution in [1.82, 2.24) is 4.98 Å². The summed E-state index contributed by atoms with van der Waals surface area (Å²) in [5, 5.41) is 0. The van der Waals surface area contributed by atoms with Crippen LogP contribution in [0.15, 0.2) is 12.1 Å². The molecule has 0 aromatic carbocycles. The van der Waals surface area contributed by atoms with Gasteiger partial charge in [-0.15, -0.1) is 13.2 Å². The van der Waals surface area contributed by atoms with Crippen LogP contribution in [0.5, 0.6) is 5.75 Å². The summed E-state index contributed by atoms with van der Waals surface area (Å²) in [6, 6.07) is 2.59. The highest BCUT2D eigenvalue weighted by Gasteiger charge is 2.32. The van der Waals surface area contributed by atoms with E-state index < -0.39 is 6.36 Å². The van der Waals surface area contributed by atoms with E-state index in [1.807, 2.05) is 0 Å². The van der Waals surface area contributed by atoms with Crippen LogP contribution in [-0.4, -0.2) is 11.3 Å². The van der Waals surface area contributed by atoms with Crippen molar-refractivity contribution in [3.8, 4) is 5.75 Å². The standard InChI is InChI=1S/C7H6F3IN2O/c8-7(9,10)14-5-2-1-4(3-12)13-6(5)11/h1-2H,3,12H2. The van der Waals surface area contributed by atoms with Gasteiger partial charge in [0.05, 0.1) is 5.69 Å². The van der Waals surface area contributed by atoms with Gasteiger partial charge in [0, 0.05) is 6.54 Å². The monoisotopic (exact) mass is 318 g/mol. The number of hydrogen-bond donors (Lipinski definition) is 1. The van der Waals surface area contributed by atoms with E-state index in [0.717, 1.165) is 0 Å². The van der Waals surface area contributed by atoms with E-state index in [1.54, 1.807) is 22.6 Å². The molecule has 1 aromatic heterocycles. The highest BCUT2D eigenvalue weighted by Crippen LogP contribution is 2.26. The summed E-state index contributed by atoms with van der Waals surface area (Å²) in [7, 11) is 0. The fourth-order valence-electron chi connectivity index (χ4n) is 0.774. The molecule has 1 heterocycles. The van der Waals surface area contributed by atoms with Gasteiger partial charge in [-0.25, -0.2) is 4.98 Å². The van der Waals surface area contributed by atoms with Crippen LogP contribution in [0.25, 0.3) is 0 Å². The van der Waals surface area contributed by atoms with Crippen molar-refractivity contribution in [2.45, 2.75) is 12.9 Å². The van der Waals surface area contributed by atoms with Crippen LogP contribution in [0.3, 0.4) is 0 Å². The molecule has 0 saturated heterocycles. The fourth-order valence-corrected chi connectivity index (χ4v) is 1.37. The largest absolute Gasteiger partial charge is 0.573 e. The molecule has 14 heavy (non-hydrogen) atoms. The number of aromatic nitrogens is 1. The van der Waals surface area contributed by atoms with Gasteiger partial charge in [0.15, 0.2) is 5.75 Å². The SMILES string of the molecule is NCc1ccc(OC(F)(F)F)c(I)n1. The Morgan fingerprint density at radius 3 is 2.50 bits per heavy atom. The molecule has 0 aliphatic rings. The van der Waals surface area contributed by atoms with Gasteiger partial charge < -0.3 is 10.5 Å². The fraction of sp³-hybridized carbons (Fsp3) is 0.286. The zero-order valence-electron chi connectivity index (χ0n) is 6.81. The van der Waals surface area contributed by atoms with Crippen LogP contribution in [0.2, 0.25) is 0 Å². The van der Waals surface area contributed by atoms with Crippen molar-refractivity contribution >= 4 is 22.6 Å². The first-order valence-corrected chi connectivity index (χ1v) is 4.61. The predicted molar refractivity (Wildman–Crippen MR) is 51.5 cm³/mol. The van der Waals surface area contributed by atoms with E-state index in [2.05, 4.69) is 9.72 Å². The number of ether oxygens (including phenoxy) is 1. The number of rotatable bonds is 2. The Morgan fingerprint density at radius 2 is 2.07 bits per heavy atom. The minimum absolute atomic E-state index is 0.142. The Hall–Kier alpha value is -0.570. The first-order valence-electron chi connectivity index (χ1n) is 3.53. The first kappa shape index (κ1) is 11.5. The molecule has 0 atom stereocenters. The lowest BCUT2D eigenvalue weighted by Crippen LogP contribution is -2.18. The number of pyridine rings is 1. The Kier molecular flexibility index (Phi) is 3.53. The molecule has 3 nitrogen and oxygen atoms in total. The van der Waals surface area contributed by atoms with Crippen LogP contribution in [0.4, 0.5) is 13.2 Å². The van der Waals surface area contributed by atoms with E-state index in [0.29, 0.717) is 5.69 Å². The molecule has 0 aliphatic heterocycles. The van der Waals surface area contributed by atoms with Crippen molar-refractivity contribution in [3.63, 3.8) is 0 Å². The molecule has 7 heteroatoms. The van der Waals surface area contributed by atoms with Crippen molar-refractivity contribution in [2.24, 2.45) is 5.73 Å². The van der Waals surface area contributed by atoms with Gasteiger partial charge in [0.1, 0.15) is 3.70 Å². The smallest absolute Gasteiger partial charge is 0.403 e. The Labute approximate surface area is 91.6 Å². The highest BCUT2D eigenvalue weighted by molar-refractivity contribution is 14.1. The van der Waals surface area contributed by atoms with Gasteiger partial charge in [0.2, 0.25) is 0 Å². The number of alkyl halides is 3. The zero-order valence-corrected chi connectivity index (χ0v) is 8.96. The van der Waals surface area contributed by atoms with E-state index in [-0.39, 0.29) is 16.0 Å². The van der Waals surface area contributed by atoms with Crippen LogP contribution in [-0.2, 0) is 6.54 Å². The van der Waals surface area contributed by atoms with Crippen molar-refractivity contribution in [1.29, 1.82) is 0 Å². The van der Waals surface area contributed by atoms with Gasteiger partial charge in [-0.05, 0) is 34.7 Å². The summed E-state index contributed by atoms with van der Waals surface area (Å²) in [5.74, 6) is -0.310. The van der Waals surface area contributed by atoms with Gasteiger partial charge in [-0.2, -0.15) is 0 Å². The van der Waals surface area contributed by atoms with Crippen LogP contribution in [0, 0.1) is 3.70 Å². The lowest BCUT2D eigenvalue weighted by Gasteiger charge is -2.10. The molecule has 1 aromatic rings. The highest BCUT2D eigenvalue weighted by atomic mass is 127. The molecule has 0 radical (unpaired) electrons. The summed E-state index contributed by atoms with van der Waals surface area (Å²) in [6.45, 7) is 0.183. The third-order valence-corrected chi connectivity index (χ3v) is 2.08. The van der Waals surface area contributed by atoms with Gasteiger partial charge >= 0.3 is 6.36 Å². The molecule has 78 valence electrons. The lowest BCUT2D eigenvalue weighted by atomic mass is 10.3. The van der Waals surface area contributed by atoms with Crippen molar-refractivity contribution in [3.05, 3.63) is 21.5 Å². The second-order valence-electron chi connectivity index (χ2n) is 2.34. The molecule has 2 N–H and O–H groups in total. The molecule has 0 saturated carbocycles. The summed E-state index contributed by atoms with van der Waals surface area (Å²) in [5.41, 5.74) is 5.78. The topological polar surface area (TPSA) is 48.1 Å². The molecular weight excluding hydrogens is 312 g/mol. The Bertz CT molecular complexity index is 329. The molecule has 0 spiro atoms. The number of nitrogens with two attached hydrogens (primary N) is 1. The van der Waals surface area contributed by atoms with Gasteiger partial charge in [-0.1, -0.05) is 0 Å². The molecule has 0 unspecified atom stereocenters. The van der Waals surface area contributed by atoms with Crippen LogP contribution in [0.1, 0.15) is 5.69 Å². The first-order chi connectivity index (χ1) is 6.42. The van der Waals surface area contributed by atoms with Crippen molar-refractivity contribution < 1.29 is 17.9 Å². The maximum atomic E-state index is 11.8. The number of halogens is 4. The summed E-state index contributed by atoms with van der Waals surface area (Å²) >= 11 is 1.66. The quantitative estimate of drug-likeness (QED) is 0.671. The number of nitrogens with zero attached hydrogens (tertiary/aromatic N) is 1. The van der Waals surface area contributed by atoms with E-state index >= 15 is 0 Å². The summed E-state index contributed by atoms with van der Waals surface area (Å²) in [4.78, 5) is 3.81.